The van der Waals surface area contributed by atoms with E-state index >= 15 is 0 Å². The van der Waals surface area contributed by atoms with Gasteiger partial charge in [0.2, 0.25) is 5.91 Å². The highest BCUT2D eigenvalue weighted by Crippen LogP contribution is 2.40. The van der Waals surface area contributed by atoms with Crippen LogP contribution in [0.5, 0.6) is 0 Å². The number of aliphatic imine (C=N–C) groups is 1. The van der Waals surface area contributed by atoms with E-state index in [0.717, 1.165) is 51.4 Å². The molecule has 2 aliphatic carbocycles. The van der Waals surface area contributed by atoms with Crippen LogP contribution in [0, 0.1) is 5.41 Å². The highest BCUT2D eigenvalue weighted by Gasteiger charge is 2.33. The summed E-state index contributed by atoms with van der Waals surface area (Å²) < 4.78 is 5.66. The van der Waals surface area contributed by atoms with Crippen LogP contribution in [0.2, 0.25) is 0 Å². The molecule has 0 aromatic heterocycles. The van der Waals surface area contributed by atoms with E-state index in [2.05, 4.69) is 46.8 Å². The zero-order valence-electron chi connectivity index (χ0n) is 20.0. The van der Waals surface area contributed by atoms with Crippen molar-refractivity contribution in [2.75, 3.05) is 40.4 Å². The quantitative estimate of drug-likeness (QED) is 0.211. The third-order valence-corrected chi connectivity index (χ3v) is 6.83. The van der Waals surface area contributed by atoms with Crippen LogP contribution in [-0.4, -0.2) is 63.2 Å². The van der Waals surface area contributed by atoms with Gasteiger partial charge in [-0.05, 0) is 62.0 Å². The van der Waals surface area contributed by atoms with Crippen LogP contribution < -0.4 is 10.6 Å². The Bertz CT molecular complexity index is 747. The molecular formula is C25H41IN4O2. The van der Waals surface area contributed by atoms with Gasteiger partial charge in [-0.2, -0.15) is 0 Å². The maximum Gasteiger partial charge on any atom is 0.243 e. The summed E-state index contributed by atoms with van der Waals surface area (Å²) in [5.74, 6) is 0.782. The molecular weight excluding hydrogens is 515 g/mol. The van der Waals surface area contributed by atoms with Gasteiger partial charge in [0, 0.05) is 39.9 Å². The average molecular weight is 557 g/mol. The molecule has 1 aromatic carbocycles. The summed E-state index contributed by atoms with van der Waals surface area (Å²) in [4.78, 5) is 18.4. The molecule has 1 amide bonds. The number of amides is 1. The van der Waals surface area contributed by atoms with Crippen molar-refractivity contribution in [1.82, 2.24) is 15.5 Å². The number of nitrogens with zero attached hydrogens (tertiary/aromatic N) is 2. The summed E-state index contributed by atoms with van der Waals surface area (Å²) >= 11 is 0. The Morgan fingerprint density at radius 2 is 1.94 bits per heavy atom. The maximum atomic E-state index is 12.1. The molecule has 0 saturated heterocycles. The third kappa shape index (κ3) is 7.90. The highest BCUT2D eigenvalue weighted by atomic mass is 127. The first-order valence-electron chi connectivity index (χ1n) is 11.9. The molecule has 32 heavy (non-hydrogen) atoms. The molecule has 1 unspecified atom stereocenters. The number of carbonyl (C=O) groups excluding carboxylic acids is 1. The molecule has 0 aliphatic heterocycles. The first-order chi connectivity index (χ1) is 15.0. The van der Waals surface area contributed by atoms with Crippen molar-refractivity contribution in [3.63, 3.8) is 0 Å². The second kappa shape index (κ2) is 13.4. The second-order valence-electron chi connectivity index (χ2n) is 9.31. The fraction of sp³-hybridized carbons (Fsp3) is 0.680. The zero-order valence-corrected chi connectivity index (χ0v) is 22.3. The smallest absolute Gasteiger partial charge is 0.243 e. The maximum absolute atomic E-state index is 12.1. The number of guanidine groups is 1. The van der Waals surface area contributed by atoms with Gasteiger partial charge in [-0.15, -0.1) is 24.0 Å². The SMILES string of the molecule is CCOCCC1(CNC(=NCC(=O)N(C)C)NC2CCc3ccccc3C2)CCCC1.I. The van der Waals surface area contributed by atoms with Crippen molar-refractivity contribution >= 4 is 35.8 Å². The largest absolute Gasteiger partial charge is 0.382 e. The van der Waals surface area contributed by atoms with Crippen molar-refractivity contribution in [2.45, 2.75) is 64.3 Å². The first kappa shape index (κ1) is 26.9. The lowest BCUT2D eigenvalue weighted by molar-refractivity contribution is -0.127. The fourth-order valence-corrected chi connectivity index (χ4v) is 4.80. The second-order valence-corrected chi connectivity index (χ2v) is 9.31. The molecule has 1 saturated carbocycles. The van der Waals surface area contributed by atoms with Gasteiger partial charge in [-0.25, -0.2) is 4.99 Å². The molecule has 0 bridgehead atoms. The molecule has 180 valence electrons. The topological polar surface area (TPSA) is 66.0 Å². The minimum Gasteiger partial charge on any atom is -0.382 e. The Balaban J connectivity index is 0.00000363. The number of ether oxygens (including phenoxy) is 1. The van der Waals surface area contributed by atoms with Crippen molar-refractivity contribution in [2.24, 2.45) is 10.4 Å². The summed E-state index contributed by atoms with van der Waals surface area (Å²) in [5.41, 5.74) is 3.14. The summed E-state index contributed by atoms with van der Waals surface area (Å²) in [6.45, 7) is 4.69. The van der Waals surface area contributed by atoms with Gasteiger partial charge in [0.05, 0.1) is 0 Å². The van der Waals surface area contributed by atoms with Gasteiger partial charge in [0.25, 0.3) is 0 Å². The number of carbonyl (C=O) groups is 1. The number of hydrogen-bond donors (Lipinski definition) is 2. The van der Waals surface area contributed by atoms with E-state index in [-0.39, 0.29) is 41.8 Å². The molecule has 0 heterocycles. The average Bonchev–Trinajstić information content (AvgIpc) is 3.24. The van der Waals surface area contributed by atoms with Crippen LogP contribution in [0.25, 0.3) is 0 Å². The molecule has 2 aliphatic rings. The van der Waals surface area contributed by atoms with Crippen molar-refractivity contribution in [3.8, 4) is 0 Å². The van der Waals surface area contributed by atoms with E-state index in [1.54, 1.807) is 19.0 Å². The van der Waals surface area contributed by atoms with Crippen LogP contribution in [0.3, 0.4) is 0 Å². The predicted molar refractivity (Wildman–Crippen MR) is 142 cm³/mol. The van der Waals surface area contributed by atoms with E-state index in [1.165, 1.54) is 36.8 Å². The fourth-order valence-electron chi connectivity index (χ4n) is 4.80. The van der Waals surface area contributed by atoms with Gasteiger partial charge in [0.15, 0.2) is 5.96 Å². The van der Waals surface area contributed by atoms with E-state index in [4.69, 9.17) is 4.74 Å². The number of aryl methyl sites for hydroxylation is 1. The molecule has 2 N–H and O–H groups in total. The number of hydrogen-bond acceptors (Lipinski definition) is 3. The zero-order chi connectivity index (χ0) is 22.1. The van der Waals surface area contributed by atoms with Gasteiger partial charge in [-0.3, -0.25) is 4.79 Å². The Hall–Kier alpha value is -1.35. The van der Waals surface area contributed by atoms with Gasteiger partial charge in [0.1, 0.15) is 6.54 Å². The van der Waals surface area contributed by atoms with Crippen LogP contribution in [0.1, 0.15) is 56.6 Å². The standard InChI is InChI=1S/C25H40N4O2.HI/c1-4-31-16-15-25(13-7-8-14-25)19-27-24(26-18-23(30)29(2)3)28-22-12-11-20-9-5-6-10-21(20)17-22;/h5-6,9-10,22H,4,7-8,11-19H2,1-3H3,(H2,26,27,28);1H. The summed E-state index contributed by atoms with van der Waals surface area (Å²) in [6, 6.07) is 9.03. The lowest BCUT2D eigenvalue weighted by Crippen LogP contribution is -2.49. The molecule has 0 spiro atoms. The van der Waals surface area contributed by atoms with Crippen LogP contribution in [0.4, 0.5) is 0 Å². The van der Waals surface area contributed by atoms with E-state index in [1.807, 2.05) is 0 Å². The molecule has 1 fully saturated rings. The first-order valence-corrected chi connectivity index (χ1v) is 11.9. The summed E-state index contributed by atoms with van der Waals surface area (Å²) in [5, 5.41) is 7.24. The van der Waals surface area contributed by atoms with Crippen molar-refractivity contribution in [3.05, 3.63) is 35.4 Å². The lowest BCUT2D eigenvalue weighted by Gasteiger charge is -2.32. The van der Waals surface area contributed by atoms with Crippen molar-refractivity contribution in [1.29, 1.82) is 0 Å². The van der Waals surface area contributed by atoms with E-state index in [0.29, 0.717) is 6.04 Å². The number of likely N-dealkylation sites (N-methyl/N-ethyl adjacent to an activating group) is 1. The van der Waals surface area contributed by atoms with Crippen molar-refractivity contribution < 1.29 is 9.53 Å². The van der Waals surface area contributed by atoms with Crippen LogP contribution in [0.15, 0.2) is 29.3 Å². The van der Waals surface area contributed by atoms with Crippen LogP contribution in [-0.2, 0) is 22.4 Å². The Kier molecular flexibility index (Phi) is 11.2. The Morgan fingerprint density at radius 3 is 2.62 bits per heavy atom. The number of nitrogens with one attached hydrogen (secondary N) is 2. The summed E-state index contributed by atoms with van der Waals surface area (Å²) in [7, 11) is 3.55. The molecule has 6 nitrogen and oxygen atoms in total. The Morgan fingerprint density at radius 1 is 1.22 bits per heavy atom. The van der Waals surface area contributed by atoms with E-state index in [9.17, 15) is 4.79 Å². The molecule has 3 rings (SSSR count). The van der Waals surface area contributed by atoms with Gasteiger partial charge >= 0.3 is 0 Å². The molecule has 1 aromatic rings. The normalized spacial score (nSPS) is 19.6. The monoisotopic (exact) mass is 556 g/mol. The van der Waals surface area contributed by atoms with Gasteiger partial charge in [-0.1, -0.05) is 37.1 Å². The Labute approximate surface area is 211 Å². The number of benzene rings is 1. The number of rotatable bonds is 9. The predicted octanol–water partition coefficient (Wildman–Crippen LogP) is 3.77. The minimum absolute atomic E-state index is 0. The molecule has 1 atom stereocenters. The van der Waals surface area contributed by atoms with Gasteiger partial charge < -0.3 is 20.3 Å². The molecule has 0 radical (unpaired) electrons. The number of halogens is 1. The molecule has 7 heteroatoms. The van der Waals surface area contributed by atoms with Crippen LogP contribution >= 0.6 is 24.0 Å². The third-order valence-electron chi connectivity index (χ3n) is 6.83. The highest BCUT2D eigenvalue weighted by molar-refractivity contribution is 14.0. The van der Waals surface area contributed by atoms with E-state index < -0.39 is 0 Å². The lowest BCUT2D eigenvalue weighted by atomic mass is 9.83. The summed E-state index contributed by atoms with van der Waals surface area (Å²) in [6.07, 6.45) is 9.26. The number of fused-ring (bicyclic) bond motifs is 1. The minimum atomic E-state index is 0.